The number of nitrogens with zero attached hydrogens (tertiary/aromatic N) is 2. The summed E-state index contributed by atoms with van der Waals surface area (Å²) < 4.78 is 0. The fourth-order valence-electron chi connectivity index (χ4n) is 2.83. The van der Waals surface area contributed by atoms with Gasteiger partial charge in [0.1, 0.15) is 0 Å². The van der Waals surface area contributed by atoms with Crippen LogP contribution in [-0.4, -0.2) is 44.7 Å². The van der Waals surface area contributed by atoms with Crippen LogP contribution in [0.1, 0.15) is 24.5 Å². The minimum atomic E-state index is 0.695. The summed E-state index contributed by atoms with van der Waals surface area (Å²) in [4.78, 5) is 4.87. The lowest BCUT2D eigenvalue weighted by Gasteiger charge is -2.23. The van der Waals surface area contributed by atoms with Gasteiger partial charge in [-0.05, 0) is 51.2 Å². The van der Waals surface area contributed by atoms with E-state index < -0.39 is 0 Å². The van der Waals surface area contributed by atoms with Crippen molar-refractivity contribution in [1.29, 1.82) is 0 Å². The van der Waals surface area contributed by atoms with Crippen molar-refractivity contribution in [1.82, 2.24) is 10.2 Å². The Balaban J connectivity index is 2.05. The van der Waals surface area contributed by atoms with Crippen molar-refractivity contribution in [3.8, 4) is 0 Å². The van der Waals surface area contributed by atoms with Gasteiger partial charge in [-0.25, -0.2) is 0 Å². The van der Waals surface area contributed by atoms with Gasteiger partial charge in [-0.3, -0.25) is 0 Å². The molecule has 0 saturated carbocycles. The van der Waals surface area contributed by atoms with Crippen molar-refractivity contribution in [2.45, 2.75) is 32.9 Å². The van der Waals surface area contributed by atoms with Crippen LogP contribution in [0.3, 0.4) is 0 Å². The molecule has 1 heterocycles. The molecule has 3 nitrogen and oxygen atoms in total. The van der Waals surface area contributed by atoms with E-state index in [1.54, 1.807) is 0 Å². The van der Waals surface area contributed by atoms with Gasteiger partial charge in [-0.15, -0.1) is 0 Å². The number of hydrogen-bond acceptors (Lipinski definition) is 3. The van der Waals surface area contributed by atoms with Crippen LogP contribution in [0.25, 0.3) is 0 Å². The van der Waals surface area contributed by atoms with Crippen molar-refractivity contribution in [3.63, 3.8) is 0 Å². The summed E-state index contributed by atoms with van der Waals surface area (Å²) in [6, 6.07) is 7.57. The summed E-state index contributed by atoms with van der Waals surface area (Å²) in [7, 11) is 4.36. The third-order valence-corrected chi connectivity index (χ3v) is 4.07. The van der Waals surface area contributed by atoms with E-state index >= 15 is 0 Å². The van der Waals surface area contributed by atoms with E-state index in [1.165, 1.54) is 29.8 Å². The van der Waals surface area contributed by atoms with Crippen LogP contribution in [0.5, 0.6) is 0 Å². The van der Waals surface area contributed by atoms with E-state index in [9.17, 15) is 0 Å². The maximum atomic E-state index is 3.38. The third kappa shape index (κ3) is 3.48. The van der Waals surface area contributed by atoms with E-state index in [4.69, 9.17) is 0 Å². The summed E-state index contributed by atoms with van der Waals surface area (Å²) in [6.07, 6.45) is 1.27. The number of benzene rings is 1. The smallest absolute Gasteiger partial charge is 0.0396 e. The first kappa shape index (κ1) is 14.4. The molecule has 0 aromatic heterocycles. The van der Waals surface area contributed by atoms with E-state index in [0.717, 1.165) is 19.6 Å². The number of aryl methyl sites for hydroxylation is 1. The normalized spacial score (nSPS) is 19.4. The van der Waals surface area contributed by atoms with Crippen LogP contribution >= 0.6 is 0 Å². The maximum Gasteiger partial charge on any atom is 0.0396 e. The molecule has 106 valence electrons. The van der Waals surface area contributed by atoms with Crippen LogP contribution in [0.4, 0.5) is 5.69 Å². The highest BCUT2D eigenvalue weighted by Gasteiger charge is 2.24. The second-order valence-electron chi connectivity index (χ2n) is 5.75. The number of rotatable bonds is 5. The molecule has 1 unspecified atom stereocenters. The zero-order chi connectivity index (χ0) is 13.8. The molecule has 1 aliphatic heterocycles. The average Bonchev–Trinajstić information content (AvgIpc) is 2.86. The molecule has 0 amide bonds. The Kier molecular flexibility index (Phi) is 4.83. The lowest BCUT2D eigenvalue weighted by atomic mass is 10.1. The van der Waals surface area contributed by atoms with Gasteiger partial charge in [-0.2, -0.15) is 0 Å². The molecule has 0 radical (unpaired) electrons. The Morgan fingerprint density at radius 1 is 1.37 bits per heavy atom. The minimum absolute atomic E-state index is 0.695. The number of hydrogen-bond donors (Lipinski definition) is 1. The monoisotopic (exact) mass is 261 g/mol. The minimum Gasteiger partial charge on any atom is -0.370 e. The van der Waals surface area contributed by atoms with E-state index in [1.807, 2.05) is 0 Å². The molecule has 2 rings (SSSR count). The summed E-state index contributed by atoms with van der Waals surface area (Å²) in [5.74, 6) is 0. The molecular weight excluding hydrogens is 234 g/mol. The molecule has 0 spiro atoms. The Labute approximate surface area is 117 Å². The van der Waals surface area contributed by atoms with Gasteiger partial charge < -0.3 is 15.1 Å². The van der Waals surface area contributed by atoms with Crippen LogP contribution < -0.4 is 10.2 Å². The molecule has 3 heteroatoms. The van der Waals surface area contributed by atoms with Crippen molar-refractivity contribution in [3.05, 3.63) is 29.3 Å². The topological polar surface area (TPSA) is 18.5 Å². The number of likely N-dealkylation sites (N-methyl/N-ethyl adjacent to an activating group) is 1. The molecule has 1 aliphatic rings. The fraction of sp³-hybridized carbons (Fsp3) is 0.625. The molecule has 1 atom stereocenters. The van der Waals surface area contributed by atoms with E-state index in [-0.39, 0.29) is 0 Å². The van der Waals surface area contributed by atoms with E-state index in [0.29, 0.717) is 6.04 Å². The molecule has 1 aromatic rings. The molecule has 1 fully saturated rings. The van der Waals surface area contributed by atoms with Crippen LogP contribution in [0, 0.1) is 6.92 Å². The Hall–Kier alpha value is -1.06. The van der Waals surface area contributed by atoms with Gasteiger partial charge >= 0.3 is 0 Å². The first-order valence-electron chi connectivity index (χ1n) is 7.33. The molecule has 19 heavy (non-hydrogen) atoms. The lowest BCUT2D eigenvalue weighted by Crippen LogP contribution is -2.31. The summed E-state index contributed by atoms with van der Waals surface area (Å²) >= 11 is 0. The SMILES string of the molecule is CCNCc1ccc(N2CCC(N(C)C)C2)c(C)c1. The molecule has 1 N–H and O–H groups in total. The van der Waals surface area contributed by atoms with Gasteiger partial charge in [0, 0.05) is 31.4 Å². The van der Waals surface area contributed by atoms with Gasteiger partial charge in [0.2, 0.25) is 0 Å². The molecule has 1 saturated heterocycles. The van der Waals surface area contributed by atoms with Crippen LogP contribution in [0.2, 0.25) is 0 Å². The highest BCUT2D eigenvalue weighted by molar-refractivity contribution is 5.55. The Morgan fingerprint density at radius 2 is 2.16 bits per heavy atom. The molecule has 0 bridgehead atoms. The van der Waals surface area contributed by atoms with Gasteiger partial charge in [0.15, 0.2) is 0 Å². The summed E-state index contributed by atoms with van der Waals surface area (Å²) in [6.45, 7) is 8.70. The second kappa shape index (κ2) is 6.40. The summed E-state index contributed by atoms with van der Waals surface area (Å²) in [5, 5.41) is 3.38. The number of anilines is 1. The second-order valence-corrected chi connectivity index (χ2v) is 5.75. The average molecular weight is 261 g/mol. The first-order valence-corrected chi connectivity index (χ1v) is 7.33. The zero-order valence-electron chi connectivity index (χ0n) is 12.7. The molecule has 1 aromatic carbocycles. The van der Waals surface area contributed by atoms with Crippen molar-refractivity contribution in [2.75, 3.05) is 38.6 Å². The fourth-order valence-corrected chi connectivity index (χ4v) is 2.83. The predicted molar refractivity (Wildman–Crippen MR) is 82.9 cm³/mol. The van der Waals surface area contributed by atoms with Crippen LogP contribution in [-0.2, 0) is 6.54 Å². The Bertz CT molecular complexity index is 414. The third-order valence-electron chi connectivity index (χ3n) is 4.07. The van der Waals surface area contributed by atoms with Crippen molar-refractivity contribution < 1.29 is 0 Å². The zero-order valence-corrected chi connectivity index (χ0v) is 12.7. The number of nitrogens with one attached hydrogen (secondary N) is 1. The standard InChI is InChI=1S/C16H27N3/c1-5-17-11-14-6-7-16(13(2)10-14)19-9-8-15(12-19)18(3)4/h6-7,10,15,17H,5,8-9,11-12H2,1-4H3. The summed E-state index contributed by atoms with van der Waals surface area (Å²) in [5.41, 5.74) is 4.19. The van der Waals surface area contributed by atoms with Gasteiger partial charge in [0.25, 0.3) is 0 Å². The van der Waals surface area contributed by atoms with Gasteiger partial charge in [-0.1, -0.05) is 19.1 Å². The lowest BCUT2D eigenvalue weighted by molar-refractivity contribution is 0.315. The Morgan fingerprint density at radius 3 is 2.74 bits per heavy atom. The van der Waals surface area contributed by atoms with Crippen molar-refractivity contribution in [2.24, 2.45) is 0 Å². The largest absolute Gasteiger partial charge is 0.370 e. The quantitative estimate of drug-likeness (QED) is 0.877. The van der Waals surface area contributed by atoms with Crippen molar-refractivity contribution >= 4 is 5.69 Å². The molecule has 0 aliphatic carbocycles. The van der Waals surface area contributed by atoms with Gasteiger partial charge in [0.05, 0.1) is 0 Å². The maximum absolute atomic E-state index is 3.38. The van der Waals surface area contributed by atoms with E-state index in [2.05, 4.69) is 61.3 Å². The predicted octanol–water partition coefficient (Wildman–Crippen LogP) is 2.24. The molecular formula is C16H27N3. The highest BCUT2D eigenvalue weighted by Crippen LogP contribution is 2.26. The highest BCUT2D eigenvalue weighted by atomic mass is 15.2. The van der Waals surface area contributed by atoms with Crippen LogP contribution in [0.15, 0.2) is 18.2 Å². The first-order chi connectivity index (χ1) is 9.11.